The average Bonchev–Trinajstić information content (AvgIpc) is 2.09. The van der Waals surface area contributed by atoms with Crippen LogP contribution in [0.1, 0.15) is 5.56 Å². The maximum atomic E-state index is 12.9. The molecule has 1 rings (SSSR count). The van der Waals surface area contributed by atoms with E-state index in [1.807, 2.05) is 0 Å². The molecule has 18 heavy (non-hydrogen) atoms. The van der Waals surface area contributed by atoms with Crippen LogP contribution in [0.2, 0.25) is 10.2 Å². The molecule has 1 aromatic heterocycles. The highest BCUT2D eigenvalue weighted by molar-refractivity contribution is 6.66. The Bertz CT molecular complexity index is 391. The Morgan fingerprint density at radius 1 is 1.06 bits per heavy atom. The lowest BCUT2D eigenvalue weighted by atomic mass is 10.3. The zero-order valence-electron chi connectivity index (χ0n) is 7.96. The molecule has 0 amide bonds. The van der Waals surface area contributed by atoms with Crippen molar-refractivity contribution in [2.45, 2.75) is 3.79 Å². The van der Waals surface area contributed by atoms with Gasteiger partial charge in [0.05, 0.1) is 10.0 Å². The van der Waals surface area contributed by atoms with Crippen molar-refractivity contribution in [3.05, 3.63) is 28.0 Å². The molecule has 0 spiro atoms. The average molecular weight is 371 g/mol. The van der Waals surface area contributed by atoms with E-state index in [1.54, 1.807) is 0 Å². The van der Waals surface area contributed by atoms with E-state index >= 15 is 0 Å². The summed E-state index contributed by atoms with van der Waals surface area (Å²) in [5.74, 6) is 0. The van der Waals surface area contributed by atoms with Crippen molar-refractivity contribution in [3.8, 4) is 0 Å². The molecule has 0 unspecified atom stereocenters. The highest BCUT2D eigenvalue weighted by Gasteiger charge is 2.29. The van der Waals surface area contributed by atoms with Crippen molar-refractivity contribution in [1.82, 2.24) is 0 Å². The minimum Gasteiger partial charge on any atom is -0.418 e. The Kier molecular flexibility index (Phi) is 6.77. The van der Waals surface area contributed by atoms with Crippen LogP contribution in [0, 0.1) is 0 Å². The summed E-state index contributed by atoms with van der Waals surface area (Å²) in [6, 6.07) is 1.28. The second kappa shape index (κ2) is 6.66. The predicted octanol–water partition coefficient (Wildman–Crippen LogP) is 5.14. The summed E-state index contributed by atoms with van der Waals surface area (Å²) in [5.41, 5.74) is 0.106. The molecule has 1 aromatic rings. The molecule has 0 radical (unpaired) electrons. The number of hydrogen-bond donors (Lipinski definition) is 0. The number of alkyl halides is 3. The zero-order chi connectivity index (χ0) is 14.7. The van der Waals surface area contributed by atoms with Crippen LogP contribution in [-0.2, 0) is 3.79 Å². The number of pyridine rings is 1. The second-order valence-corrected chi connectivity index (χ2v) is 5.72. The molecule has 0 aliphatic rings. The Morgan fingerprint density at radius 2 is 1.44 bits per heavy atom. The van der Waals surface area contributed by atoms with Gasteiger partial charge in [0.25, 0.3) is 0 Å². The number of halogens is 10. The smallest absolute Gasteiger partial charge is 0.418 e. The summed E-state index contributed by atoms with van der Waals surface area (Å²) in [5, 5.41) is -0.285. The van der Waals surface area contributed by atoms with Crippen LogP contribution in [-0.4, -0.2) is 7.25 Å². The fraction of sp³-hybridized carbons (Fsp3) is 0.167. The summed E-state index contributed by atoms with van der Waals surface area (Å²) in [7, 11) is -6.00. The zero-order valence-corrected chi connectivity index (χ0v) is 11.7. The van der Waals surface area contributed by atoms with E-state index in [2.05, 4.69) is 0 Å². The first-order valence-corrected chi connectivity index (χ1v) is 5.72. The lowest BCUT2D eigenvalue weighted by molar-refractivity contribution is -0.842. The summed E-state index contributed by atoms with van der Waals surface area (Å²) >= 11 is 27.5. The molecule has 12 heteroatoms. The van der Waals surface area contributed by atoms with Crippen LogP contribution in [0.25, 0.3) is 0 Å². The van der Waals surface area contributed by atoms with Gasteiger partial charge in [-0.3, -0.25) is 0 Å². The monoisotopic (exact) mass is 369 g/mol. The summed E-state index contributed by atoms with van der Waals surface area (Å²) in [6.45, 7) is 0. The molecule has 0 saturated heterocycles. The Labute approximate surface area is 123 Å². The highest BCUT2D eigenvalue weighted by Crippen LogP contribution is 2.39. The molecule has 0 saturated carbocycles. The van der Waals surface area contributed by atoms with Gasteiger partial charge in [0.1, 0.15) is 5.02 Å². The molecule has 0 fully saturated rings. The molecule has 0 atom stereocenters. The topological polar surface area (TPSA) is 3.88 Å². The van der Waals surface area contributed by atoms with Gasteiger partial charge in [-0.15, -0.1) is 0 Å². The van der Waals surface area contributed by atoms with E-state index in [9.17, 15) is 21.7 Å². The van der Waals surface area contributed by atoms with Gasteiger partial charge in [-0.2, -0.15) is 0 Å². The predicted molar refractivity (Wildman–Crippen MR) is 62.6 cm³/mol. The van der Waals surface area contributed by atoms with E-state index < -0.39 is 11.0 Å². The molecule has 0 aromatic carbocycles. The minimum atomic E-state index is -6.00. The first-order valence-electron chi connectivity index (χ1n) is 3.83. The number of rotatable bonds is 0. The van der Waals surface area contributed by atoms with Crippen molar-refractivity contribution < 1.29 is 26.5 Å². The highest BCUT2D eigenvalue weighted by atomic mass is 35.6. The van der Waals surface area contributed by atoms with Crippen LogP contribution in [0.15, 0.2) is 12.3 Å². The summed E-state index contributed by atoms with van der Waals surface area (Å²) < 4.78 is 50.2. The van der Waals surface area contributed by atoms with Crippen LogP contribution in [0.5, 0.6) is 0 Å². The normalized spacial score (nSPS) is 11.9. The second-order valence-electron chi connectivity index (χ2n) is 2.67. The largest absolute Gasteiger partial charge is 0.673 e. The molecule has 0 aliphatic carbocycles. The lowest BCUT2D eigenvalue weighted by Gasteiger charge is -2.07. The van der Waals surface area contributed by atoms with E-state index in [0.717, 1.165) is 6.20 Å². The van der Waals surface area contributed by atoms with Gasteiger partial charge < -0.3 is 17.3 Å². The van der Waals surface area contributed by atoms with Gasteiger partial charge in [-0.05, 0) is 17.7 Å². The molecule has 0 N–H and O–H groups in total. The summed E-state index contributed by atoms with van der Waals surface area (Å²) in [4.78, 5) is 0.0844. The van der Waals surface area contributed by atoms with E-state index in [1.165, 1.54) is 6.07 Å². The third-order valence-electron chi connectivity index (χ3n) is 1.25. The summed E-state index contributed by atoms with van der Waals surface area (Å²) in [6.07, 6.45) is 0.946. The molecule has 1 nitrogen and oxygen atoms in total. The standard InChI is InChI=1S/C6H2Cl5FN.BF4/c7-4-1-3(6(9,10)11)2-13(12)5(4)8;2-1(3,4)5/h1-2H;/q+1;-1. The first-order chi connectivity index (χ1) is 7.82. The van der Waals surface area contributed by atoms with Gasteiger partial charge in [-0.1, -0.05) is 46.4 Å². The molecule has 1 heterocycles. The van der Waals surface area contributed by atoms with Crippen molar-refractivity contribution >= 4 is 65.3 Å². The maximum Gasteiger partial charge on any atom is 0.673 e. The Hall–Kier alpha value is 0.315. The van der Waals surface area contributed by atoms with Crippen molar-refractivity contribution in [3.63, 3.8) is 0 Å². The minimum absolute atomic E-state index is 0.0204. The third-order valence-corrected chi connectivity index (χ3v) is 2.65. The van der Waals surface area contributed by atoms with Crippen LogP contribution >= 0.6 is 58.0 Å². The quantitative estimate of drug-likeness (QED) is 0.257. The van der Waals surface area contributed by atoms with Gasteiger partial charge in [0.15, 0.2) is 0 Å². The number of aromatic nitrogens is 1. The third kappa shape index (κ3) is 7.68. The molecule has 0 bridgehead atoms. The van der Waals surface area contributed by atoms with E-state index in [4.69, 9.17) is 58.0 Å². The lowest BCUT2D eigenvalue weighted by Crippen LogP contribution is -2.26. The number of nitrogens with zero attached hydrogens (tertiary/aromatic N) is 1. The van der Waals surface area contributed by atoms with Gasteiger partial charge in [0.2, 0.25) is 9.99 Å². The Balaban J connectivity index is 0.000000494. The SMILES string of the molecule is F[B-](F)(F)F.F[n+]1cc(C(Cl)(Cl)Cl)cc(Cl)c1Cl. The molecule has 104 valence electrons. The fourth-order valence-electron chi connectivity index (χ4n) is 0.669. The molecular formula is C6H2BCl5F5N. The van der Waals surface area contributed by atoms with Gasteiger partial charge in [-0.25, -0.2) is 0 Å². The molecular weight excluding hydrogens is 369 g/mol. The maximum absolute atomic E-state index is 12.9. The number of hydrogen-bond acceptors (Lipinski definition) is 0. The first kappa shape index (κ1) is 18.3. The van der Waals surface area contributed by atoms with Gasteiger partial charge in [0, 0.05) is 4.79 Å². The Morgan fingerprint density at radius 3 is 1.72 bits per heavy atom. The van der Waals surface area contributed by atoms with Gasteiger partial charge >= 0.3 is 12.4 Å². The fourth-order valence-corrected chi connectivity index (χ4v) is 1.28. The van der Waals surface area contributed by atoms with E-state index in [-0.39, 0.29) is 20.5 Å². The van der Waals surface area contributed by atoms with Crippen molar-refractivity contribution in [1.29, 1.82) is 0 Å². The van der Waals surface area contributed by atoms with Crippen LogP contribution < -0.4 is 4.79 Å². The van der Waals surface area contributed by atoms with Crippen molar-refractivity contribution in [2.75, 3.05) is 0 Å². The van der Waals surface area contributed by atoms with E-state index in [0.29, 0.717) is 0 Å². The van der Waals surface area contributed by atoms with Crippen LogP contribution in [0.3, 0.4) is 0 Å². The van der Waals surface area contributed by atoms with Crippen molar-refractivity contribution in [2.24, 2.45) is 0 Å². The van der Waals surface area contributed by atoms with Crippen LogP contribution in [0.4, 0.5) is 21.7 Å². The molecule has 0 aliphatic heterocycles.